The fraction of sp³-hybridized carbons (Fsp3) is 0.225. The van der Waals surface area contributed by atoms with Crippen LogP contribution in [-0.2, 0) is 27.4 Å². The van der Waals surface area contributed by atoms with Gasteiger partial charge in [-0.05, 0) is 70.3 Å². The lowest BCUT2D eigenvalue weighted by atomic mass is 9.91. The summed E-state index contributed by atoms with van der Waals surface area (Å²) in [6.07, 6.45) is 2.30. The molecule has 0 bridgehead atoms. The minimum Gasteiger partial charge on any atom is -0.392 e. The van der Waals surface area contributed by atoms with Crippen molar-refractivity contribution in [3.63, 3.8) is 0 Å². The summed E-state index contributed by atoms with van der Waals surface area (Å²) in [5.41, 5.74) is 7.18. The number of carbonyl (C=O) groups is 2. The Morgan fingerprint density at radius 1 is 0.837 bits per heavy atom. The third kappa shape index (κ3) is 8.82. The maximum Gasteiger partial charge on any atom is 0.253 e. The number of anilines is 1. The van der Waals surface area contributed by atoms with Gasteiger partial charge in [-0.1, -0.05) is 73.7 Å². The van der Waals surface area contributed by atoms with Crippen molar-refractivity contribution in [2.45, 2.75) is 50.4 Å². The highest BCUT2D eigenvalue weighted by molar-refractivity contribution is 7.99. The largest absolute Gasteiger partial charge is 0.392 e. The normalized spacial score (nSPS) is 18.8. The van der Waals surface area contributed by atoms with Gasteiger partial charge in [0.2, 0.25) is 5.91 Å². The van der Waals surface area contributed by atoms with Gasteiger partial charge in [-0.3, -0.25) is 14.6 Å². The van der Waals surface area contributed by atoms with Gasteiger partial charge in [-0.25, -0.2) is 0 Å². The second kappa shape index (κ2) is 16.1. The van der Waals surface area contributed by atoms with Crippen molar-refractivity contribution in [1.29, 1.82) is 0 Å². The summed E-state index contributed by atoms with van der Waals surface area (Å²) in [4.78, 5) is 29.0. The first-order chi connectivity index (χ1) is 23.9. The zero-order valence-corrected chi connectivity index (χ0v) is 28.2. The highest BCUT2D eigenvalue weighted by atomic mass is 32.2. The van der Waals surface area contributed by atoms with E-state index in [9.17, 15) is 14.7 Å². The lowest BCUT2D eigenvalue weighted by molar-refractivity contribution is -0.268. The van der Waals surface area contributed by atoms with Crippen LogP contribution in [0.25, 0.3) is 11.1 Å². The zero-order valence-electron chi connectivity index (χ0n) is 27.4. The van der Waals surface area contributed by atoms with E-state index in [1.165, 1.54) is 6.92 Å². The van der Waals surface area contributed by atoms with E-state index >= 15 is 0 Å². The quantitative estimate of drug-likeness (QED) is 0.123. The van der Waals surface area contributed by atoms with Gasteiger partial charge in [0.05, 0.1) is 24.4 Å². The summed E-state index contributed by atoms with van der Waals surface area (Å²) in [6.45, 7) is 4.04. The maximum absolute atomic E-state index is 12.5. The first kappa shape index (κ1) is 34.1. The van der Waals surface area contributed by atoms with Crippen LogP contribution in [-0.4, -0.2) is 33.8 Å². The van der Waals surface area contributed by atoms with E-state index in [0.717, 1.165) is 44.0 Å². The van der Waals surface area contributed by atoms with E-state index in [1.54, 1.807) is 36.3 Å². The van der Waals surface area contributed by atoms with Crippen LogP contribution in [0.15, 0.2) is 126 Å². The van der Waals surface area contributed by atoms with Gasteiger partial charge in [0, 0.05) is 53.7 Å². The summed E-state index contributed by atoms with van der Waals surface area (Å²) in [6, 6.07) is 35.6. The first-order valence-corrected chi connectivity index (χ1v) is 17.2. The molecule has 250 valence electrons. The Bertz CT molecular complexity index is 1850. The van der Waals surface area contributed by atoms with Crippen molar-refractivity contribution < 1.29 is 24.2 Å². The average Bonchev–Trinajstić information content (AvgIpc) is 3.14. The summed E-state index contributed by atoms with van der Waals surface area (Å²) in [5, 5.41) is 15.4. The molecule has 9 heteroatoms. The van der Waals surface area contributed by atoms with Crippen LogP contribution < -0.4 is 10.6 Å². The minimum atomic E-state index is -0.575. The fourth-order valence-electron chi connectivity index (χ4n) is 5.80. The number of amides is 2. The number of ether oxygens (including phenoxy) is 2. The average molecular weight is 674 g/mol. The summed E-state index contributed by atoms with van der Waals surface area (Å²) >= 11 is 1.71. The molecule has 5 aromatic rings. The molecule has 1 fully saturated rings. The molecule has 0 unspecified atom stereocenters. The molecule has 0 spiro atoms. The van der Waals surface area contributed by atoms with Crippen LogP contribution in [0.2, 0.25) is 0 Å². The molecule has 4 atom stereocenters. The van der Waals surface area contributed by atoms with Crippen molar-refractivity contribution in [3.05, 3.63) is 149 Å². The van der Waals surface area contributed by atoms with Crippen molar-refractivity contribution in [3.8, 4) is 11.1 Å². The highest BCUT2D eigenvalue weighted by Gasteiger charge is 2.38. The lowest BCUT2D eigenvalue weighted by Gasteiger charge is -2.41. The number of aromatic nitrogens is 1. The van der Waals surface area contributed by atoms with Crippen molar-refractivity contribution >= 4 is 29.3 Å². The van der Waals surface area contributed by atoms with Gasteiger partial charge in [0.1, 0.15) is 0 Å². The Hall–Kier alpha value is -4.80. The standard InChI is InChI=1S/C40H39N3O5S/c1-26-37(25-49-36-18-16-35(17-19-36)43-27(2)45)47-40(48-38(26)31-10-8-28(24-44)9-11-31)32-14-12-30(13-15-32)33-6-3-5-29(21-33)22-42-39(46)34-7-4-20-41-23-34/h3-21,23,26,37-38,40,44H,22,24-25H2,1-2H3,(H,42,46)(H,43,45)/t26-,37+,38+,40+/m1/s1. The van der Waals surface area contributed by atoms with Gasteiger partial charge in [0.25, 0.3) is 5.91 Å². The van der Waals surface area contributed by atoms with Gasteiger partial charge in [0.15, 0.2) is 6.29 Å². The monoisotopic (exact) mass is 673 g/mol. The molecule has 1 aromatic heterocycles. The molecule has 0 saturated carbocycles. The van der Waals surface area contributed by atoms with E-state index in [2.05, 4.69) is 46.8 Å². The van der Waals surface area contributed by atoms with Crippen molar-refractivity contribution in [1.82, 2.24) is 10.3 Å². The number of carbonyl (C=O) groups excluding carboxylic acids is 2. The summed E-state index contributed by atoms with van der Waals surface area (Å²) in [5.74, 6) is 0.513. The predicted octanol–water partition coefficient (Wildman–Crippen LogP) is 7.71. The number of nitrogens with zero attached hydrogens (tertiary/aromatic N) is 1. The van der Waals surface area contributed by atoms with Crippen molar-refractivity contribution in [2.24, 2.45) is 5.92 Å². The topological polar surface area (TPSA) is 110 Å². The van der Waals surface area contributed by atoms with Gasteiger partial charge < -0.3 is 25.2 Å². The van der Waals surface area contributed by atoms with E-state index in [1.807, 2.05) is 72.8 Å². The Morgan fingerprint density at radius 2 is 1.59 bits per heavy atom. The van der Waals surface area contributed by atoms with E-state index in [-0.39, 0.29) is 36.5 Å². The van der Waals surface area contributed by atoms with Crippen molar-refractivity contribution in [2.75, 3.05) is 11.1 Å². The molecule has 1 aliphatic rings. The van der Waals surface area contributed by atoms with E-state index < -0.39 is 6.29 Å². The Balaban J connectivity index is 1.17. The fourth-order valence-corrected chi connectivity index (χ4v) is 6.87. The maximum atomic E-state index is 12.5. The Morgan fingerprint density at radius 3 is 2.29 bits per heavy atom. The third-order valence-electron chi connectivity index (χ3n) is 8.53. The third-order valence-corrected chi connectivity index (χ3v) is 9.63. The number of pyridine rings is 1. The van der Waals surface area contributed by atoms with Gasteiger partial charge >= 0.3 is 0 Å². The Kier molecular flexibility index (Phi) is 11.2. The number of aliphatic hydroxyl groups excluding tert-OH is 1. The van der Waals surface area contributed by atoms with E-state index in [0.29, 0.717) is 17.9 Å². The van der Waals surface area contributed by atoms with Crippen LogP contribution in [0.4, 0.5) is 5.69 Å². The van der Waals surface area contributed by atoms with Gasteiger partial charge in [-0.15, -0.1) is 11.8 Å². The molecule has 1 aliphatic heterocycles. The smallest absolute Gasteiger partial charge is 0.253 e. The lowest BCUT2D eigenvalue weighted by Crippen LogP contribution is -2.38. The molecule has 49 heavy (non-hydrogen) atoms. The predicted molar refractivity (Wildman–Crippen MR) is 192 cm³/mol. The van der Waals surface area contributed by atoms with Crippen LogP contribution in [0.5, 0.6) is 0 Å². The molecule has 3 N–H and O–H groups in total. The number of aliphatic hydroxyl groups is 1. The SMILES string of the molecule is CC(=O)Nc1ccc(SC[C@@H]2O[C@H](c3ccc(-c4cccc(CNC(=O)c5cccnc5)c4)cc3)O[C@H](c3ccc(CO)cc3)[C@@H]2C)cc1. The van der Waals surface area contributed by atoms with Gasteiger partial charge in [-0.2, -0.15) is 0 Å². The minimum absolute atomic E-state index is 0.0115. The molecule has 6 rings (SSSR count). The molecule has 8 nitrogen and oxygen atoms in total. The molecule has 2 amide bonds. The zero-order chi connectivity index (χ0) is 34.2. The first-order valence-electron chi connectivity index (χ1n) is 16.2. The second-order valence-corrected chi connectivity index (χ2v) is 13.2. The molecule has 0 aliphatic carbocycles. The number of rotatable bonds is 11. The second-order valence-electron chi connectivity index (χ2n) is 12.1. The number of benzene rings is 4. The van der Waals surface area contributed by atoms with Crippen LogP contribution in [0.3, 0.4) is 0 Å². The van der Waals surface area contributed by atoms with Crippen LogP contribution >= 0.6 is 11.8 Å². The molecular formula is C40H39N3O5S. The summed E-state index contributed by atoms with van der Waals surface area (Å²) < 4.78 is 13.3. The van der Waals surface area contributed by atoms with Crippen LogP contribution in [0, 0.1) is 5.92 Å². The number of nitrogens with one attached hydrogen (secondary N) is 2. The molecule has 2 heterocycles. The molecule has 4 aromatic carbocycles. The highest BCUT2D eigenvalue weighted by Crippen LogP contribution is 2.43. The number of hydrogen-bond donors (Lipinski definition) is 3. The number of hydrogen-bond acceptors (Lipinski definition) is 7. The molecule has 0 radical (unpaired) electrons. The molecular weight excluding hydrogens is 635 g/mol. The summed E-state index contributed by atoms with van der Waals surface area (Å²) in [7, 11) is 0. The van der Waals surface area contributed by atoms with Crippen LogP contribution in [0.1, 0.15) is 58.9 Å². The Labute approximate surface area is 290 Å². The molecule has 1 saturated heterocycles. The number of thioether (sulfide) groups is 1. The van der Waals surface area contributed by atoms with E-state index in [4.69, 9.17) is 9.47 Å².